The van der Waals surface area contributed by atoms with Crippen molar-refractivity contribution in [3.63, 3.8) is 0 Å². The molecule has 2 amide bonds. The third-order valence-electron chi connectivity index (χ3n) is 4.29. The fraction of sp³-hybridized carbons (Fsp3) is 0.273. The van der Waals surface area contributed by atoms with Crippen molar-refractivity contribution >= 4 is 24.0 Å². The molecule has 3 N–H and O–H groups in total. The number of carbonyl (C=O) groups excluding carboxylic acids is 2. The average molecular weight is 456 g/mol. The van der Waals surface area contributed by atoms with Crippen molar-refractivity contribution in [1.29, 1.82) is 0 Å². The monoisotopic (exact) mass is 455 g/mol. The fourth-order valence-electron chi connectivity index (χ4n) is 2.89. The van der Waals surface area contributed by atoms with Crippen LogP contribution in [0.25, 0.3) is 11.4 Å². The first-order chi connectivity index (χ1) is 15.4. The molecule has 168 valence electrons. The van der Waals surface area contributed by atoms with E-state index in [4.69, 9.17) is 21.7 Å². The summed E-state index contributed by atoms with van der Waals surface area (Å²) in [5, 5.41) is 6.91. The van der Waals surface area contributed by atoms with Crippen LogP contribution in [0.15, 0.2) is 48.5 Å². The Morgan fingerprint density at radius 3 is 2.34 bits per heavy atom. The molecule has 0 aliphatic carbocycles. The van der Waals surface area contributed by atoms with E-state index in [9.17, 15) is 9.59 Å². The lowest BCUT2D eigenvalue weighted by molar-refractivity contribution is -0.122. The minimum Gasteiger partial charge on any atom is -0.494 e. The number of nitrogens with zero attached hydrogens (tertiary/aromatic N) is 2. The molecule has 1 aromatic heterocycles. The highest BCUT2D eigenvalue weighted by Crippen LogP contribution is 2.21. The largest absolute Gasteiger partial charge is 0.494 e. The van der Waals surface area contributed by atoms with Crippen LogP contribution in [-0.4, -0.2) is 39.3 Å². The fourth-order valence-corrected chi connectivity index (χ4v) is 3.09. The summed E-state index contributed by atoms with van der Waals surface area (Å²) in [5.74, 6) is 0.998. The lowest BCUT2D eigenvalue weighted by Crippen LogP contribution is -2.43. The van der Waals surface area contributed by atoms with E-state index in [1.165, 1.54) is 0 Å². The second-order valence-corrected chi connectivity index (χ2v) is 7.48. The average Bonchev–Trinajstić information content (AvgIpc) is 3.13. The Hall–Kier alpha value is -3.66. The summed E-state index contributed by atoms with van der Waals surface area (Å²) in [6.45, 7) is 6.19. The van der Waals surface area contributed by atoms with Crippen LogP contribution in [0.5, 0.6) is 11.5 Å². The van der Waals surface area contributed by atoms with Gasteiger partial charge in [0.05, 0.1) is 12.7 Å². The van der Waals surface area contributed by atoms with Crippen molar-refractivity contribution < 1.29 is 19.1 Å². The standard InChI is InChI=1S/C22H25N5O4S/c1-4-30-17-9-5-15(6-10-17)20-24-26-22(32)27(20)13-19(28)23-25-21(29)16-7-11-18(12-8-16)31-14(2)3/h5-12,14H,4,13H2,1-3H3,(H,23,28)(H,25,29)(H,26,32). The van der Waals surface area contributed by atoms with Crippen molar-refractivity contribution in [2.75, 3.05) is 6.61 Å². The zero-order valence-corrected chi connectivity index (χ0v) is 18.9. The molecular formula is C22H25N5O4S. The third kappa shape index (κ3) is 5.94. The summed E-state index contributed by atoms with van der Waals surface area (Å²) in [6.07, 6.45) is 0.0381. The van der Waals surface area contributed by atoms with Crippen LogP contribution in [0, 0.1) is 4.77 Å². The molecule has 0 saturated carbocycles. The number of benzene rings is 2. The highest BCUT2D eigenvalue weighted by molar-refractivity contribution is 7.71. The van der Waals surface area contributed by atoms with Gasteiger partial charge in [0.25, 0.3) is 11.8 Å². The smallest absolute Gasteiger partial charge is 0.269 e. The van der Waals surface area contributed by atoms with Gasteiger partial charge in [-0.2, -0.15) is 5.10 Å². The van der Waals surface area contributed by atoms with Gasteiger partial charge in [-0.25, -0.2) is 0 Å². The first-order valence-electron chi connectivity index (χ1n) is 10.1. The van der Waals surface area contributed by atoms with Gasteiger partial charge >= 0.3 is 0 Å². The molecule has 2 aromatic carbocycles. The number of amides is 2. The number of aromatic amines is 1. The summed E-state index contributed by atoms with van der Waals surface area (Å²) in [5.41, 5.74) is 5.95. The van der Waals surface area contributed by atoms with E-state index in [1.54, 1.807) is 28.8 Å². The number of rotatable bonds is 8. The number of aromatic nitrogens is 3. The molecule has 0 radical (unpaired) electrons. The highest BCUT2D eigenvalue weighted by atomic mass is 32.1. The molecular weight excluding hydrogens is 430 g/mol. The molecule has 0 saturated heterocycles. The Morgan fingerprint density at radius 2 is 1.72 bits per heavy atom. The molecule has 3 aromatic rings. The molecule has 32 heavy (non-hydrogen) atoms. The van der Waals surface area contributed by atoms with E-state index in [1.807, 2.05) is 45.0 Å². The summed E-state index contributed by atoms with van der Waals surface area (Å²) in [7, 11) is 0. The van der Waals surface area contributed by atoms with Gasteiger partial charge in [0.15, 0.2) is 10.6 Å². The predicted octanol–water partition coefficient (Wildman–Crippen LogP) is 3.25. The maximum Gasteiger partial charge on any atom is 0.269 e. The second kappa shape index (κ2) is 10.6. The Balaban J connectivity index is 1.61. The van der Waals surface area contributed by atoms with E-state index in [-0.39, 0.29) is 17.4 Å². The van der Waals surface area contributed by atoms with Crippen LogP contribution in [0.3, 0.4) is 0 Å². The van der Waals surface area contributed by atoms with E-state index < -0.39 is 11.8 Å². The normalized spacial score (nSPS) is 10.6. The summed E-state index contributed by atoms with van der Waals surface area (Å²) in [6, 6.07) is 13.9. The zero-order chi connectivity index (χ0) is 23.1. The molecule has 1 heterocycles. The van der Waals surface area contributed by atoms with E-state index in [2.05, 4.69) is 21.0 Å². The zero-order valence-electron chi connectivity index (χ0n) is 18.0. The minimum absolute atomic E-state index is 0.0381. The van der Waals surface area contributed by atoms with Crippen molar-refractivity contribution in [1.82, 2.24) is 25.6 Å². The molecule has 9 nitrogen and oxygen atoms in total. The van der Waals surface area contributed by atoms with Gasteiger partial charge in [0.2, 0.25) is 0 Å². The SMILES string of the molecule is CCOc1ccc(-c2n[nH]c(=S)n2CC(=O)NNC(=O)c2ccc(OC(C)C)cc2)cc1. The quantitative estimate of drug-likeness (QED) is 0.355. The van der Waals surface area contributed by atoms with Gasteiger partial charge in [0.1, 0.15) is 18.0 Å². The molecule has 0 aliphatic heterocycles. The number of hydrogen-bond acceptors (Lipinski definition) is 6. The molecule has 0 bridgehead atoms. The van der Waals surface area contributed by atoms with Gasteiger partial charge < -0.3 is 9.47 Å². The minimum atomic E-state index is -0.456. The summed E-state index contributed by atoms with van der Waals surface area (Å²) in [4.78, 5) is 24.7. The van der Waals surface area contributed by atoms with Crippen LogP contribution in [-0.2, 0) is 11.3 Å². The topological polar surface area (TPSA) is 110 Å². The first-order valence-corrected chi connectivity index (χ1v) is 10.5. The lowest BCUT2D eigenvalue weighted by Gasteiger charge is -2.11. The van der Waals surface area contributed by atoms with Gasteiger partial charge in [-0.3, -0.25) is 30.1 Å². The van der Waals surface area contributed by atoms with Crippen molar-refractivity contribution in [2.45, 2.75) is 33.4 Å². The Labute approximate surface area is 190 Å². The third-order valence-corrected chi connectivity index (χ3v) is 4.60. The maximum absolute atomic E-state index is 12.4. The van der Waals surface area contributed by atoms with Gasteiger partial charge in [0, 0.05) is 11.1 Å². The Morgan fingerprint density at radius 1 is 1.06 bits per heavy atom. The molecule has 0 unspecified atom stereocenters. The van der Waals surface area contributed by atoms with Crippen LogP contribution in [0.2, 0.25) is 0 Å². The Bertz CT molecular complexity index is 1120. The molecule has 3 rings (SSSR count). The van der Waals surface area contributed by atoms with E-state index >= 15 is 0 Å². The van der Waals surface area contributed by atoms with Crippen LogP contribution < -0.4 is 20.3 Å². The molecule has 0 spiro atoms. The molecule has 0 atom stereocenters. The van der Waals surface area contributed by atoms with Crippen molar-refractivity contribution in [3.8, 4) is 22.9 Å². The highest BCUT2D eigenvalue weighted by Gasteiger charge is 2.14. The predicted molar refractivity (Wildman–Crippen MR) is 122 cm³/mol. The number of nitrogens with one attached hydrogen (secondary N) is 3. The van der Waals surface area contributed by atoms with Crippen LogP contribution in [0.1, 0.15) is 31.1 Å². The number of ether oxygens (including phenoxy) is 2. The van der Waals surface area contributed by atoms with Crippen molar-refractivity contribution in [2.24, 2.45) is 0 Å². The van der Waals surface area contributed by atoms with Gasteiger partial charge in [-0.05, 0) is 81.5 Å². The first kappa shape index (κ1) is 23.0. The number of carbonyl (C=O) groups is 2. The second-order valence-electron chi connectivity index (χ2n) is 7.09. The molecule has 0 aliphatic rings. The van der Waals surface area contributed by atoms with Gasteiger partial charge in [-0.1, -0.05) is 0 Å². The van der Waals surface area contributed by atoms with Crippen LogP contribution in [0.4, 0.5) is 0 Å². The number of hydrogen-bond donors (Lipinski definition) is 3. The maximum atomic E-state index is 12.4. The lowest BCUT2D eigenvalue weighted by atomic mass is 10.2. The summed E-state index contributed by atoms with van der Waals surface area (Å²) >= 11 is 5.25. The van der Waals surface area contributed by atoms with E-state index in [0.29, 0.717) is 23.7 Å². The summed E-state index contributed by atoms with van der Waals surface area (Å²) < 4.78 is 12.8. The number of hydrazine groups is 1. The molecule has 10 heteroatoms. The molecule has 0 fully saturated rings. The van der Waals surface area contributed by atoms with Gasteiger partial charge in [-0.15, -0.1) is 0 Å². The Kier molecular flexibility index (Phi) is 7.61. The van der Waals surface area contributed by atoms with Crippen LogP contribution >= 0.6 is 12.2 Å². The van der Waals surface area contributed by atoms with Crippen molar-refractivity contribution in [3.05, 3.63) is 58.9 Å². The number of H-pyrrole nitrogens is 1. The van der Waals surface area contributed by atoms with E-state index in [0.717, 1.165) is 11.3 Å².